The minimum Gasteiger partial charge on any atom is -0.462 e. The zero-order chi connectivity index (χ0) is 18.6. The predicted molar refractivity (Wildman–Crippen MR) is 100 cm³/mol. The molecular formula is C21H25NO3. The van der Waals surface area contributed by atoms with Crippen LogP contribution in [0.4, 0.5) is 5.69 Å². The van der Waals surface area contributed by atoms with Crippen LogP contribution in [0.15, 0.2) is 42.5 Å². The smallest absolute Gasteiger partial charge is 0.338 e. The summed E-state index contributed by atoms with van der Waals surface area (Å²) in [5.74, 6) is -0.534. The van der Waals surface area contributed by atoms with Gasteiger partial charge in [0.05, 0.1) is 12.2 Å². The van der Waals surface area contributed by atoms with Crippen LogP contribution in [0.1, 0.15) is 59.5 Å². The molecule has 0 bridgehead atoms. The van der Waals surface area contributed by atoms with E-state index in [1.54, 1.807) is 25.1 Å². The van der Waals surface area contributed by atoms with Crippen molar-refractivity contribution in [2.45, 2.75) is 40.0 Å². The molecule has 0 radical (unpaired) electrons. The number of rotatable bonds is 4. The van der Waals surface area contributed by atoms with Crippen LogP contribution in [0.2, 0.25) is 0 Å². The van der Waals surface area contributed by atoms with Gasteiger partial charge in [0.25, 0.3) is 5.91 Å². The van der Waals surface area contributed by atoms with Gasteiger partial charge in [0, 0.05) is 11.3 Å². The van der Waals surface area contributed by atoms with Crippen LogP contribution in [-0.4, -0.2) is 18.5 Å². The summed E-state index contributed by atoms with van der Waals surface area (Å²) in [7, 11) is 0. The standard InChI is InChI=1S/C21H25NO3/c1-6-25-20(24)16-9-12-18(14(2)13-16)22-19(23)15-7-10-17(11-8-15)21(3,4)5/h7-13H,6H2,1-5H3,(H,22,23). The first-order chi connectivity index (χ1) is 11.7. The van der Waals surface area contributed by atoms with E-state index in [0.29, 0.717) is 23.4 Å². The quantitative estimate of drug-likeness (QED) is 0.820. The van der Waals surface area contributed by atoms with Crippen LogP contribution in [0.25, 0.3) is 0 Å². The summed E-state index contributed by atoms with van der Waals surface area (Å²) in [6, 6.07) is 12.7. The Balaban J connectivity index is 2.14. The maximum absolute atomic E-state index is 12.4. The molecule has 2 aromatic carbocycles. The summed E-state index contributed by atoms with van der Waals surface area (Å²) in [4.78, 5) is 24.2. The molecule has 4 heteroatoms. The molecule has 0 saturated carbocycles. The molecule has 0 heterocycles. The molecule has 0 aromatic heterocycles. The topological polar surface area (TPSA) is 55.4 Å². The third kappa shape index (κ3) is 4.69. The molecule has 0 atom stereocenters. The maximum Gasteiger partial charge on any atom is 0.338 e. The number of nitrogens with one attached hydrogen (secondary N) is 1. The first kappa shape index (κ1) is 18.7. The molecule has 0 aliphatic rings. The van der Waals surface area contributed by atoms with E-state index in [1.165, 1.54) is 5.56 Å². The van der Waals surface area contributed by atoms with Crippen molar-refractivity contribution in [3.8, 4) is 0 Å². The Morgan fingerprint density at radius 1 is 1.00 bits per heavy atom. The molecule has 4 nitrogen and oxygen atoms in total. The predicted octanol–water partition coefficient (Wildman–Crippen LogP) is 4.72. The summed E-state index contributed by atoms with van der Waals surface area (Å²) >= 11 is 0. The average Bonchev–Trinajstić information content (AvgIpc) is 2.56. The average molecular weight is 339 g/mol. The van der Waals surface area contributed by atoms with Gasteiger partial charge in [-0.05, 0) is 60.7 Å². The van der Waals surface area contributed by atoms with Crippen molar-refractivity contribution >= 4 is 17.6 Å². The van der Waals surface area contributed by atoms with Gasteiger partial charge >= 0.3 is 5.97 Å². The zero-order valence-corrected chi connectivity index (χ0v) is 15.5. The van der Waals surface area contributed by atoms with Crippen molar-refractivity contribution in [1.82, 2.24) is 0 Å². The summed E-state index contributed by atoms with van der Waals surface area (Å²) < 4.78 is 4.99. The van der Waals surface area contributed by atoms with Gasteiger partial charge in [-0.25, -0.2) is 4.79 Å². The number of hydrogen-bond acceptors (Lipinski definition) is 3. The van der Waals surface area contributed by atoms with Crippen molar-refractivity contribution in [3.63, 3.8) is 0 Å². The minimum absolute atomic E-state index is 0.0501. The number of anilines is 1. The molecule has 0 saturated heterocycles. The highest BCUT2D eigenvalue weighted by molar-refractivity contribution is 6.05. The number of carbonyl (C=O) groups is 2. The summed E-state index contributed by atoms with van der Waals surface area (Å²) in [5.41, 5.74) is 3.80. The van der Waals surface area contributed by atoms with Gasteiger partial charge in [0.15, 0.2) is 0 Å². The van der Waals surface area contributed by atoms with Crippen LogP contribution in [0.5, 0.6) is 0 Å². The minimum atomic E-state index is -0.360. The Kier molecular flexibility index (Phi) is 5.62. The Bertz CT molecular complexity index is 771. The molecule has 2 aromatic rings. The Morgan fingerprint density at radius 2 is 1.60 bits per heavy atom. The van der Waals surface area contributed by atoms with E-state index < -0.39 is 0 Å². The van der Waals surface area contributed by atoms with E-state index in [1.807, 2.05) is 31.2 Å². The van der Waals surface area contributed by atoms with E-state index in [4.69, 9.17) is 4.74 Å². The van der Waals surface area contributed by atoms with Crippen molar-refractivity contribution in [2.75, 3.05) is 11.9 Å². The molecule has 0 spiro atoms. The number of esters is 1. The van der Waals surface area contributed by atoms with Gasteiger partial charge in [0.2, 0.25) is 0 Å². The van der Waals surface area contributed by atoms with Gasteiger partial charge in [-0.2, -0.15) is 0 Å². The number of benzene rings is 2. The number of aryl methyl sites for hydroxylation is 1. The first-order valence-electron chi connectivity index (χ1n) is 8.42. The maximum atomic E-state index is 12.4. The molecule has 0 fully saturated rings. The largest absolute Gasteiger partial charge is 0.462 e. The Labute approximate surface area is 149 Å². The molecular weight excluding hydrogens is 314 g/mol. The third-order valence-corrected chi connectivity index (χ3v) is 4.00. The number of amides is 1. The number of ether oxygens (including phenoxy) is 1. The molecule has 132 valence electrons. The van der Waals surface area contributed by atoms with Gasteiger partial charge < -0.3 is 10.1 Å². The monoisotopic (exact) mass is 339 g/mol. The second-order valence-electron chi connectivity index (χ2n) is 7.03. The van der Waals surface area contributed by atoms with Gasteiger partial charge in [-0.3, -0.25) is 4.79 Å². The van der Waals surface area contributed by atoms with E-state index in [2.05, 4.69) is 26.1 Å². The van der Waals surface area contributed by atoms with E-state index >= 15 is 0 Å². The highest BCUT2D eigenvalue weighted by Crippen LogP contribution is 2.23. The van der Waals surface area contributed by atoms with Gasteiger partial charge in [-0.1, -0.05) is 32.9 Å². The Hall–Kier alpha value is -2.62. The molecule has 1 N–H and O–H groups in total. The fourth-order valence-corrected chi connectivity index (χ4v) is 2.46. The third-order valence-electron chi connectivity index (χ3n) is 4.00. The molecule has 0 aliphatic carbocycles. The van der Waals surface area contributed by atoms with Crippen molar-refractivity contribution in [2.24, 2.45) is 0 Å². The number of hydrogen-bond donors (Lipinski definition) is 1. The SMILES string of the molecule is CCOC(=O)c1ccc(NC(=O)c2ccc(C(C)(C)C)cc2)c(C)c1. The molecule has 0 aliphatic heterocycles. The molecule has 1 amide bonds. The normalized spacial score (nSPS) is 11.1. The van der Waals surface area contributed by atoms with Crippen LogP contribution in [0.3, 0.4) is 0 Å². The lowest BCUT2D eigenvalue weighted by Gasteiger charge is -2.19. The van der Waals surface area contributed by atoms with Crippen molar-refractivity contribution < 1.29 is 14.3 Å². The van der Waals surface area contributed by atoms with Crippen molar-refractivity contribution in [3.05, 3.63) is 64.7 Å². The lowest BCUT2D eigenvalue weighted by atomic mass is 9.86. The van der Waals surface area contributed by atoms with Crippen molar-refractivity contribution in [1.29, 1.82) is 0 Å². The van der Waals surface area contributed by atoms with Crippen LogP contribution in [-0.2, 0) is 10.2 Å². The second kappa shape index (κ2) is 7.51. The molecule has 0 unspecified atom stereocenters. The highest BCUT2D eigenvalue weighted by Gasteiger charge is 2.15. The summed E-state index contributed by atoms with van der Waals surface area (Å²) in [6.45, 7) is 10.4. The molecule has 2 rings (SSSR count). The lowest BCUT2D eigenvalue weighted by molar-refractivity contribution is 0.0526. The van der Waals surface area contributed by atoms with Crippen LogP contribution < -0.4 is 5.32 Å². The van der Waals surface area contributed by atoms with Crippen LogP contribution in [0, 0.1) is 6.92 Å². The fraction of sp³-hybridized carbons (Fsp3) is 0.333. The molecule has 25 heavy (non-hydrogen) atoms. The summed E-state index contributed by atoms with van der Waals surface area (Å²) in [6.07, 6.45) is 0. The first-order valence-corrected chi connectivity index (χ1v) is 8.42. The van der Waals surface area contributed by atoms with E-state index in [0.717, 1.165) is 5.56 Å². The van der Waals surface area contributed by atoms with E-state index in [9.17, 15) is 9.59 Å². The summed E-state index contributed by atoms with van der Waals surface area (Å²) in [5, 5.41) is 2.89. The number of carbonyl (C=O) groups excluding carboxylic acids is 2. The van der Waals surface area contributed by atoms with Crippen LogP contribution >= 0.6 is 0 Å². The lowest BCUT2D eigenvalue weighted by Crippen LogP contribution is -2.15. The van der Waals surface area contributed by atoms with Gasteiger partial charge in [-0.15, -0.1) is 0 Å². The second-order valence-corrected chi connectivity index (χ2v) is 7.03. The Morgan fingerprint density at radius 3 is 2.12 bits per heavy atom. The zero-order valence-electron chi connectivity index (χ0n) is 15.5. The fourth-order valence-electron chi connectivity index (χ4n) is 2.46. The van der Waals surface area contributed by atoms with Gasteiger partial charge in [0.1, 0.15) is 0 Å². The highest BCUT2D eigenvalue weighted by atomic mass is 16.5. The van der Waals surface area contributed by atoms with E-state index in [-0.39, 0.29) is 17.3 Å².